The van der Waals surface area contributed by atoms with E-state index in [4.69, 9.17) is 21.1 Å². The average molecular weight is 186 g/mol. The van der Waals surface area contributed by atoms with Gasteiger partial charge in [0.25, 0.3) is 5.88 Å². The topological polar surface area (TPSA) is 31.4 Å². The predicted octanol–water partition coefficient (Wildman–Crippen LogP) is 1.59. The van der Waals surface area contributed by atoms with Crippen LogP contribution in [0, 0.1) is 0 Å². The molecule has 4 heteroatoms. The molecule has 2 heterocycles. The van der Waals surface area contributed by atoms with Crippen molar-refractivity contribution in [1.29, 1.82) is 0 Å². The highest BCUT2D eigenvalue weighted by Gasteiger charge is 2.12. The molecule has 1 aliphatic heterocycles. The fourth-order valence-corrected chi connectivity index (χ4v) is 1.19. The number of fused-ring (bicyclic) bond motifs is 1. The number of alkyl halides is 1. The second-order valence-electron chi connectivity index (χ2n) is 2.48. The molecule has 1 aliphatic rings. The van der Waals surface area contributed by atoms with Crippen LogP contribution in [0.2, 0.25) is 0 Å². The Morgan fingerprint density at radius 1 is 1.42 bits per heavy atom. The number of ether oxygens (including phenoxy) is 2. The molecule has 0 fully saturated rings. The molecule has 2 rings (SSSR count). The Kier molecular flexibility index (Phi) is 2.04. The third kappa shape index (κ3) is 1.32. The lowest BCUT2D eigenvalue weighted by Gasteiger charge is -2.17. The highest BCUT2D eigenvalue weighted by Crippen LogP contribution is 2.28. The summed E-state index contributed by atoms with van der Waals surface area (Å²) in [6, 6.07) is 1.86. The molecular weight excluding hydrogens is 178 g/mol. The van der Waals surface area contributed by atoms with Gasteiger partial charge in [-0.2, -0.15) is 0 Å². The molecule has 0 bridgehead atoms. The molecule has 0 atom stereocenters. The van der Waals surface area contributed by atoms with Gasteiger partial charge in [-0.25, -0.2) is 4.98 Å². The standard InChI is InChI=1S/C8H8ClNO2/c9-4-6-3-7-8(10-5-6)12-2-1-11-7/h3,5H,1-2,4H2. The van der Waals surface area contributed by atoms with E-state index in [2.05, 4.69) is 4.98 Å². The van der Waals surface area contributed by atoms with Crippen LogP contribution >= 0.6 is 11.6 Å². The van der Waals surface area contributed by atoms with Crippen molar-refractivity contribution in [2.75, 3.05) is 13.2 Å². The lowest BCUT2D eigenvalue weighted by Crippen LogP contribution is -2.16. The van der Waals surface area contributed by atoms with E-state index in [0.29, 0.717) is 30.7 Å². The number of nitrogens with zero attached hydrogens (tertiary/aromatic N) is 1. The minimum atomic E-state index is 0.448. The Labute approximate surface area is 75.3 Å². The molecule has 0 saturated carbocycles. The lowest BCUT2D eigenvalue weighted by atomic mass is 10.3. The largest absolute Gasteiger partial charge is 0.484 e. The first-order valence-corrected chi connectivity index (χ1v) is 4.24. The monoisotopic (exact) mass is 185 g/mol. The van der Waals surface area contributed by atoms with E-state index >= 15 is 0 Å². The molecular formula is C8H8ClNO2. The van der Waals surface area contributed by atoms with Gasteiger partial charge < -0.3 is 9.47 Å². The summed E-state index contributed by atoms with van der Waals surface area (Å²) < 4.78 is 10.6. The van der Waals surface area contributed by atoms with Crippen molar-refractivity contribution in [3.8, 4) is 11.6 Å². The zero-order valence-electron chi connectivity index (χ0n) is 6.42. The second-order valence-corrected chi connectivity index (χ2v) is 2.74. The molecule has 1 aromatic rings. The Hall–Kier alpha value is -0.960. The average Bonchev–Trinajstić information content (AvgIpc) is 2.17. The van der Waals surface area contributed by atoms with Crippen LogP contribution in [-0.4, -0.2) is 18.2 Å². The summed E-state index contributed by atoms with van der Waals surface area (Å²) in [6.07, 6.45) is 1.69. The van der Waals surface area contributed by atoms with Crippen molar-refractivity contribution in [2.24, 2.45) is 0 Å². The van der Waals surface area contributed by atoms with Crippen molar-refractivity contribution in [3.63, 3.8) is 0 Å². The van der Waals surface area contributed by atoms with Crippen LogP contribution < -0.4 is 9.47 Å². The van der Waals surface area contributed by atoms with Gasteiger partial charge in [-0.3, -0.25) is 0 Å². The van der Waals surface area contributed by atoms with E-state index < -0.39 is 0 Å². The van der Waals surface area contributed by atoms with Crippen molar-refractivity contribution in [3.05, 3.63) is 17.8 Å². The number of hydrogen-bond acceptors (Lipinski definition) is 3. The minimum absolute atomic E-state index is 0.448. The van der Waals surface area contributed by atoms with E-state index in [0.717, 1.165) is 5.56 Å². The fourth-order valence-electron chi connectivity index (χ4n) is 1.05. The van der Waals surface area contributed by atoms with Crippen molar-refractivity contribution < 1.29 is 9.47 Å². The summed E-state index contributed by atoms with van der Waals surface area (Å²) in [5.74, 6) is 1.71. The summed E-state index contributed by atoms with van der Waals surface area (Å²) >= 11 is 5.63. The zero-order valence-corrected chi connectivity index (χ0v) is 7.17. The summed E-state index contributed by atoms with van der Waals surface area (Å²) in [6.45, 7) is 1.15. The smallest absolute Gasteiger partial charge is 0.257 e. The minimum Gasteiger partial charge on any atom is -0.484 e. The molecule has 0 spiro atoms. The highest BCUT2D eigenvalue weighted by atomic mass is 35.5. The van der Waals surface area contributed by atoms with E-state index in [-0.39, 0.29) is 0 Å². The molecule has 1 aromatic heterocycles. The summed E-state index contributed by atoms with van der Waals surface area (Å²) in [7, 11) is 0. The predicted molar refractivity (Wildman–Crippen MR) is 44.8 cm³/mol. The maximum absolute atomic E-state index is 5.63. The van der Waals surface area contributed by atoms with Crippen LogP contribution in [0.15, 0.2) is 12.3 Å². The zero-order chi connectivity index (χ0) is 8.39. The van der Waals surface area contributed by atoms with Gasteiger partial charge >= 0.3 is 0 Å². The maximum atomic E-state index is 5.63. The number of halogens is 1. The van der Waals surface area contributed by atoms with Gasteiger partial charge in [0.2, 0.25) is 0 Å². The third-order valence-electron chi connectivity index (χ3n) is 1.61. The Morgan fingerprint density at radius 2 is 2.25 bits per heavy atom. The summed E-state index contributed by atoms with van der Waals surface area (Å²) in [5, 5.41) is 0. The van der Waals surface area contributed by atoms with Crippen molar-refractivity contribution in [2.45, 2.75) is 5.88 Å². The first-order chi connectivity index (χ1) is 5.90. The van der Waals surface area contributed by atoms with E-state index in [1.54, 1.807) is 6.20 Å². The summed E-state index contributed by atoms with van der Waals surface area (Å²) in [5.41, 5.74) is 0.945. The number of pyridine rings is 1. The number of hydrogen-bond donors (Lipinski definition) is 0. The first kappa shape index (κ1) is 7.68. The lowest BCUT2D eigenvalue weighted by molar-refractivity contribution is 0.164. The molecule has 12 heavy (non-hydrogen) atoms. The number of rotatable bonds is 1. The fraction of sp³-hybridized carbons (Fsp3) is 0.375. The maximum Gasteiger partial charge on any atom is 0.257 e. The molecule has 0 N–H and O–H groups in total. The van der Waals surface area contributed by atoms with Crippen molar-refractivity contribution >= 4 is 11.6 Å². The van der Waals surface area contributed by atoms with Gasteiger partial charge in [-0.15, -0.1) is 11.6 Å². The van der Waals surface area contributed by atoms with E-state index in [1.807, 2.05) is 6.07 Å². The van der Waals surface area contributed by atoms with Gasteiger partial charge in [0, 0.05) is 12.1 Å². The number of aromatic nitrogens is 1. The molecule has 0 radical (unpaired) electrons. The van der Waals surface area contributed by atoms with Gasteiger partial charge in [0.1, 0.15) is 13.2 Å². The molecule has 0 unspecified atom stereocenters. The van der Waals surface area contributed by atoms with Gasteiger partial charge in [-0.1, -0.05) is 0 Å². The Balaban J connectivity index is 2.36. The van der Waals surface area contributed by atoms with Crippen LogP contribution in [0.5, 0.6) is 11.6 Å². The van der Waals surface area contributed by atoms with Crippen LogP contribution in [0.25, 0.3) is 0 Å². The molecule has 64 valence electrons. The van der Waals surface area contributed by atoms with Crippen LogP contribution in [-0.2, 0) is 5.88 Å². The normalized spacial score (nSPS) is 14.4. The molecule has 3 nitrogen and oxygen atoms in total. The first-order valence-electron chi connectivity index (χ1n) is 3.70. The van der Waals surface area contributed by atoms with Crippen LogP contribution in [0.1, 0.15) is 5.56 Å². The van der Waals surface area contributed by atoms with Crippen LogP contribution in [0.3, 0.4) is 0 Å². The Bertz CT molecular complexity index is 290. The molecule has 0 aliphatic carbocycles. The molecule has 0 aromatic carbocycles. The second kappa shape index (κ2) is 3.19. The molecule has 0 saturated heterocycles. The van der Waals surface area contributed by atoms with Crippen LogP contribution in [0.4, 0.5) is 0 Å². The van der Waals surface area contributed by atoms with E-state index in [1.165, 1.54) is 0 Å². The van der Waals surface area contributed by atoms with E-state index in [9.17, 15) is 0 Å². The van der Waals surface area contributed by atoms with Crippen molar-refractivity contribution in [1.82, 2.24) is 4.98 Å². The van der Waals surface area contributed by atoms with Gasteiger partial charge in [-0.05, 0) is 11.6 Å². The summed E-state index contributed by atoms with van der Waals surface area (Å²) in [4.78, 5) is 4.06. The highest BCUT2D eigenvalue weighted by molar-refractivity contribution is 6.17. The quantitative estimate of drug-likeness (QED) is 0.623. The Morgan fingerprint density at radius 3 is 3.08 bits per heavy atom. The molecule has 0 amide bonds. The van der Waals surface area contributed by atoms with Gasteiger partial charge in [0.15, 0.2) is 5.75 Å². The third-order valence-corrected chi connectivity index (χ3v) is 1.92. The SMILES string of the molecule is ClCc1cnc2c(c1)OCCO2. The van der Waals surface area contributed by atoms with Gasteiger partial charge in [0.05, 0.1) is 0 Å².